The van der Waals surface area contributed by atoms with Crippen LogP contribution in [0.4, 0.5) is 5.69 Å². The van der Waals surface area contributed by atoms with Crippen molar-refractivity contribution in [2.24, 2.45) is 0 Å². The number of nitrogens with one attached hydrogen (secondary N) is 1. The SMILES string of the molecule is O=C(CNc1cccc(I)c1)N1CCCC1. The van der Waals surface area contributed by atoms with Gasteiger partial charge in [-0.2, -0.15) is 0 Å². The molecular weight excluding hydrogens is 315 g/mol. The number of anilines is 1. The minimum Gasteiger partial charge on any atom is -0.376 e. The molecule has 0 saturated carbocycles. The number of benzene rings is 1. The molecule has 0 aromatic heterocycles. The van der Waals surface area contributed by atoms with Gasteiger partial charge in [-0.15, -0.1) is 0 Å². The molecule has 0 atom stereocenters. The highest BCUT2D eigenvalue weighted by molar-refractivity contribution is 14.1. The molecule has 2 rings (SSSR count). The van der Waals surface area contributed by atoms with Gasteiger partial charge < -0.3 is 10.2 Å². The summed E-state index contributed by atoms with van der Waals surface area (Å²) in [5, 5.41) is 3.17. The maximum absolute atomic E-state index is 11.8. The molecule has 3 nitrogen and oxygen atoms in total. The molecule has 1 N–H and O–H groups in total. The Morgan fingerprint density at radius 3 is 2.81 bits per heavy atom. The third kappa shape index (κ3) is 3.10. The van der Waals surface area contributed by atoms with Crippen molar-refractivity contribution in [2.75, 3.05) is 25.0 Å². The van der Waals surface area contributed by atoms with E-state index in [0.29, 0.717) is 6.54 Å². The maximum Gasteiger partial charge on any atom is 0.241 e. The van der Waals surface area contributed by atoms with E-state index in [0.717, 1.165) is 31.6 Å². The van der Waals surface area contributed by atoms with E-state index >= 15 is 0 Å². The molecule has 1 fully saturated rings. The van der Waals surface area contributed by atoms with Gasteiger partial charge in [-0.25, -0.2) is 0 Å². The Kier molecular flexibility index (Phi) is 4.04. The summed E-state index contributed by atoms with van der Waals surface area (Å²) in [5.74, 6) is 0.205. The van der Waals surface area contributed by atoms with Crippen molar-refractivity contribution in [3.05, 3.63) is 27.8 Å². The van der Waals surface area contributed by atoms with Crippen molar-refractivity contribution >= 4 is 34.2 Å². The van der Waals surface area contributed by atoms with Gasteiger partial charge in [0.1, 0.15) is 0 Å². The van der Waals surface area contributed by atoms with Crippen LogP contribution in [0, 0.1) is 3.57 Å². The normalized spacial score (nSPS) is 15.2. The fourth-order valence-corrected chi connectivity index (χ4v) is 2.40. The molecular formula is C12H15IN2O. The van der Waals surface area contributed by atoms with Gasteiger partial charge in [0.05, 0.1) is 6.54 Å². The van der Waals surface area contributed by atoms with Gasteiger partial charge in [-0.1, -0.05) is 6.07 Å². The highest BCUT2D eigenvalue weighted by Crippen LogP contribution is 2.13. The lowest BCUT2D eigenvalue weighted by atomic mass is 10.3. The first-order valence-corrected chi connectivity index (χ1v) is 6.61. The van der Waals surface area contributed by atoms with Gasteiger partial charge in [-0.3, -0.25) is 4.79 Å². The predicted molar refractivity (Wildman–Crippen MR) is 73.5 cm³/mol. The third-order valence-corrected chi connectivity index (χ3v) is 3.40. The molecule has 1 aliphatic heterocycles. The zero-order valence-corrected chi connectivity index (χ0v) is 11.2. The Balaban J connectivity index is 1.84. The predicted octanol–water partition coefficient (Wildman–Crippen LogP) is 2.33. The van der Waals surface area contributed by atoms with Crippen LogP contribution in [0.25, 0.3) is 0 Å². The van der Waals surface area contributed by atoms with Crippen LogP contribution in [-0.2, 0) is 4.79 Å². The Labute approximate surface area is 109 Å². The molecule has 0 bridgehead atoms. The zero-order chi connectivity index (χ0) is 11.4. The van der Waals surface area contributed by atoms with E-state index in [1.807, 2.05) is 29.2 Å². The summed E-state index contributed by atoms with van der Waals surface area (Å²) in [6.07, 6.45) is 2.30. The van der Waals surface area contributed by atoms with Crippen molar-refractivity contribution < 1.29 is 4.79 Å². The van der Waals surface area contributed by atoms with E-state index in [1.54, 1.807) is 0 Å². The molecule has 0 unspecified atom stereocenters. The van der Waals surface area contributed by atoms with E-state index in [1.165, 1.54) is 3.57 Å². The van der Waals surface area contributed by atoms with Crippen LogP contribution in [0.1, 0.15) is 12.8 Å². The fourth-order valence-electron chi connectivity index (χ4n) is 1.85. The van der Waals surface area contributed by atoms with Crippen LogP contribution in [0.3, 0.4) is 0 Å². The molecule has 1 saturated heterocycles. The fraction of sp³-hybridized carbons (Fsp3) is 0.417. The lowest BCUT2D eigenvalue weighted by Gasteiger charge is -2.15. The Morgan fingerprint density at radius 2 is 2.12 bits per heavy atom. The Bertz CT molecular complexity index is 375. The van der Waals surface area contributed by atoms with Crippen LogP contribution in [0.2, 0.25) is 0 Å². The van der Waals surface area contributed by atoms with Crippen LogP contribution in [-0.4, -0.2) is 30.4 Å². The second-order valence-corrected chi connectivity index (χ2v) is 5.20. The summed E-state index contributed by atoms with van der Waals surface area (Å²) < 4.78 is 1.18. The first-order chi connectivity index (χ1) is 7.75. The molecule has 1 aromatic rings. The van der Waals surface area contributed by atoms with Gasteiger partial charge in [-0.05, 0) is 53.6 Å². The molecule has 1 aromatic carbocycles. The van der Waals surface area contributed by atoms with Gasteiger partial charge in [0.25, 0.3) is 0 Å². The van der Waals surface area contributed by atoms with E-state index in [4.69, 9.17) is 0 Å². The first kappa shape index (κ1) is 11.7. The second kappa shape index (κ2) is 5.52. The Hall–Kier alpha value is -0.780. The number of carbonyl (C=O) groups is 1. The van der Waals surface area contributed by atoms with Crippen LogP contribution in [0.5, 0.6) is 0 Å². The van der Waals surface area contributed by atoms with Crippen molar-refractivity contribution in [2.45, 2.75) is 12.8 Å². The van der Waals surface area contributed by atoms with Gasteiger partial charge in [0.2, 0.25) is 5.91 Å². The number of amides is 1. The molecule has 1 heterocycles. The molecule has 1 amide bonds. The van der Waals surface area contributed by atoms with E-state index < -0.39 is 0 Å². The summed E-state index contributed by atoms with van der Waals surface area (Å²) in [6, 6.07) is 8.05. The van der Waals surface area contributed by atoms with E-state index in [2.05, 4.69) is 27.9 Å². The number of hydrogen-bond donors (Lipinski definition) is 1. The Morgan fingerprint density at radius 1 is 1.38 bits per heavy atom. The quantitative estimate of drug-likeness (QED) is 0.863. The largest absolute Gasteiger partial charge is 0.376 e. The van der Waals surface area contributed by atoms with Gasteiger partial charge in [0.15, 0.2) is 0 Å². The van der Waals surface area contributed by atoms with Gasteiger partial charge in [0, 0.05) is 22.3 Å². The highest BCUT2D eigenvalue weighted by atomic mass is 127. The number of carbonyl (C=O) groups excluding carboxylic acids is 1. The molecule has 86 valence electrons. The number of likely N-dealkylation sites (tertiary alicyclic amines) is 1. The van der Waals surface area contributed by atoms with Crippen molar-refractivity contribution in [1.29, 1.82) is 0 Å². The molecule has 0 radical (unpaired) electrons. The van der Waals surface area contributed by atoms with Crippen LogP contribution in [0.15, 0.2) is 24.3 Å². The summed E-state index contributed by atoms with van der Waals surface area (Å²) in [6.45, 7) is 2.25. The number of hydrogen-bond acceptors (Lipinski definition) is 2. The van der Waals surface area contributed by atoms with Crippen molar-refractivity contribution in [1.82, 2.24) is 4.90 Å². The molecule has 16 heavy (non-hydrogen) atoms. The van der Waals surface area contributed by atoms with Crippen molar-refractivity contribution in [3.8, 4) is 0 Å². The molecule has 0 aliphatic carbocycles. The molecule has 0 spiro atoms. The van der Waals surface area contributed by atoms with Crippen molar-refractivity contribution in [3.63, 3.8) is 0 Å². The van der Waals surface area contributed by atoms with E-state index in [9.17, 15) is 4.79 Å². The van der Waals surface area contributed by atoms with Crippen LogP contribution < -0.4 is 5.32 Å². The number of halogens is 1. The highest BCUT2D eigenvalue weighted by Gasteiger charge is 2.16. The summed E-state index contributed by atoms with van der Waals surface area (Å²) in [7, 11) is 0. The minimum absolute atomic E-state index is 0.205. The standard InChI is InChI=1S/C12H15IN2O/c13-10-4-3-5-11(8-10)14-9-12(16)15-6-1-2-7-15/h3-5,8,14H,1-2,6-7,9H2. The third-order valence-electron chi connectivity index (χ3n) is 2.73. The lowest BCUT2D eigenvalue weighted by molar-refractivity contribution is -0.128. The first-order valence-electron chi connectivity index (χ1n) is 5.53. The molecule has 1 aliphatic rings. The van der Waals surface area contributed by atoms with E-state index in [-0.39, 0.29) is 5.91 Å². The lowest BCUT2D eigenvalue weighted by Crippen LogP contribution is -2.32. The number of nitrogens with zero attached hydrogens (tertiary/aromatic N) is 1. The average molecular weight is 330 g/mol. The second-order valence-electron chi connectivity index (χ2n) is 3.95. The summed E-state index contributed by atoms with van der Waals surface area (Å²) in [4.78, 5) is 13.7. The smallest absolute Gasteiger partial charge is 0.241 e. The summed E-state index contributed by atoms with van der Waals surface area (Å²) >= 11 is 2.27. The maximum atomic E-state index is 11.8. The minimum atomic E-state index is 0.205. The average Bonchev–Trinajstić information content (AvgIpc) is 2.79. The van der Waals surface area contributed by atoms with Crippen LogP contribution >= 0.6 is 22.6 Å². The molecule has 4 heteroatoms. The topological polar surface area (TPSA) is 32.3 Å². The summed E-state index contributed by atoms with van der Waals surface area (Å²) in [5.41, 5.74) is 1.01. The zero-order valence-electron chi connectivity index (χ0n) is 9.08. The number of rotatable bonds is 3. The monoisotopic (exact) mass is 330 g/mol. The van der Waals surface area contributed by atoms with Gasteiger partial charge >= 0.3 is 0 Å².